The smallest absolute Gasteiger partial charge is 0.221 e. The Labute approximate surface area is 109 Å². The largest absolute Gasteiger partial charge is 0.356 e. The summed E-state index contributed by atoms with van der Waals surface area (Å²) in [5.74, 6) is 1.28. The Morgan fingerprint density at radius 2 is 2.41 bits per heavy atom. The molecule has 1 fully saturated rings. The van der Waals surface area contributed by atoms with Crippen molar-refractivity contribution in [2.24, 2.45) is 5.73 Å². The molecule has 0 spiro atoms. The predicted octanol–water partition coefficient (Wildman–Crippen LogP) is 0.667. The molecule has 5 heteroatoms. The Morgan fingerprint density at radius 1 is 1.65 bits per heavy atom. The van der Waals surface area contributed by atoms with E-state index in [1.807, 2.05) is 11.8 Å². The van der Waals surface area contributed by atoms with Gasteiger partial charge < -0.3 is 11.1 Å². The van der Waals surface area contributed by atoms with Crippen molar-refractivity contribution in [3.63, 3.8) is 0 Å². The van der Waals surface area contributed by atoms with Crippen LogP contribution in [0.3, 0.4) is 0 Å². The van der Waals surface area contributed by atoms with Gasteiger partial charge in [-0.1, -0.05) is 13.8 Å². The molecule has 3 N–H and O–H groups in total. The second-order valence-electron chi connectivity index (χ2n) is 4.62. The highest BCUT2D eigenvalue weighted by Gasteiger charge is 2.24. The average Bonchev–Trinajstić information content (AvgIpc) is 2.33. The van der Waals surface area contributed by atoms with Crippen molar-refractivity contribution in [3.8, 4) is 0 Å². The number of nitrogens with zero attached hydrogens (tertiary/aromatic N) is 1. The Morgan fingerprint density at radius 3 is 3.00 bits per heavy atom. The lowest BCUT2D eigenvalue weighted by atomic mass is 10.1. The number of nitrogens with one attached hydrogen (secondary N) is 1. The number of hydrogen-bond donors (Lipinski definition) is 2. The zero-order valence-corrected chi connectivity index (χ0v) is 11.8. The van der Waals surface area contributed by atoms with Crippen LogP contribution >= 0.6 is 11.8 Å². The van der Waals surface area contributed by atoms with E-state index in [4.69, 9.17) is 5.73 Å². The first-order valence-corrected chi connectivity index (χ1v) is 7.54. The van der Waals surface area contributed by atoms with Gasteiger partial charge in [0, 0.05) is 49.6 Å². The minimum absolute atomic E-state index is 0.133. The van der Waals surface area contributed by atoms with Gasteiger partial charge in [-0.15, -0.1) is 0 Å². The average molecular weight is 259 g/mol. The van der Waals surface area contributed by atoms with E-state index in [0.29, 0.717) is 18.2 Å². The Hall–Kier alpha value is -0.260. The van der Waals surface area contributed by atoms with E-state index in [1.54, 1.807) is 0 Å². The lowest BCUT2D eigenvalue weighted by molar-refractivity contribution is -0.122. The van der Waals surface area contributed by atoms with Crippen LogP contribution in [-0.4, -0.2) is 54.0 Å². The topological polar surface area (TPSA) is 58.4 Å². The summed E-state index contributed by atoms with van der Waals surface area (Å²) in [5.41, 5.74) is 5.80. The number of hydrogen-bond acceptors (Lipinski definition) is 4. The number of nitrogens with two attached hydrogens (primary N) is 1. The van der Waals surface area contributed by atoms with E-state index < -0.39 is 0 Å². The molecule has 0 aliphatic carbocycles. The monoisotopic (exact) mass is 259 g/mol. The maximum Gasteiger partial charge on any atom is 0.221 e. The summed E-state index contributed by atoms with van der Waals surface area (Å²) in [5, 5.41) is 3.57. The van der Waals surface area contributed by atoms with Crippen molar-refractivity contribution in [3.05, 3.63) is 0 Å². The van der Waals surface area contributed by atoms with Gasteiger partial charge in [-0.05, 0) is 6.42 Å². The first-order chi connectivity index (χ1) is 8.17. The highest BCUT2D eigenvalue weighted by atomic mass is 32.2. The fourth-order valence-electron chi connectivity index (χ4n) is 2.09. The van der Waals surface area contributed by atoms with Gasteiger partial charge in [-0.3, -0.25) is 9.69 Å². The summed E-state index contributed by atoms with van der Waals surface area (Å²) >= 11 is 2.00. The molecule has 17 heavy (non-hydrogen) atoms. The molecule has 2 unspecified atom stereocenters. The maximum atomic E-state index is 11.7. The first-order valence-electron chi connectivity index (χ1n) is 6.49. The van der Waals surface area contributed by atoms with Crippen LogP contribution in [0.2, 0.25) is 0 Å². The van der Waals surface area contributed by atoms with Crippen LogP contribution in [0.4, 0.5) is 0 Å². The van der Waals surface area contributed by atoms with Crippen molar-refractivity contribution in [1.29, 1.82) is 0 Å². The van der Waals surface area contributed by atoms with Gasteiger partial charge in [0.25, 0.3) is 0 Å². The number of thioether (sulfide) groups is 1. The van der Waals surface area contributed by atoms with E-state index in [-0.39, 0.29) is 11.9 Å². The fourth-order valence-corrected chi connectivity index (χ4v) is 3.13. The van der Waals surface area contributed by atoms with E-state index in [9.17, 15) is 4.79 Å². The minimum atomic E-state index is 0.133. The minimum Gasteiger partial charge on any atom is -0.356 e. The van der Waals surface area contributed by atoms with Crippen LogP contribution in [0.15, 0.2) is 0 Å². The second kappa shape index (κ2) is 7.95. The molecule has 1 saturated heterocycles. The van der Waals surface area contributed by atoms with Crippen LogP contribution in [0, 0.1) is 0 Å². The third kappa shape index (κ3) is 5.27. The van der Waals surface area contributed by atoms with E-state index in [0.717, 1.165) is 31.8 Å². The maximum absolute atomic E-state index is 11.7. The predicted molar refractivity (Wildman–Crippen MR) is 74.3 cm³/mol. The highest BCUT2D eigenvalue weighted by Crippen LogP contribution is 2.20. The van der Waals surface area contributed by atoms with Crippen molar-refractivity contribution in [2.75, 3.05) is 31.9 Å². The van der Waals surface area contributed by atoms with Gasteiger partial charge in [0.05, 0.1) is 0 Å². The molecule has 1 aliphatic heterocycles. The molecular formula is C12H25N3OS. The summed E-state index contributed by atoms with van der Waals surface area (Å²) in [6.07, 6.45) is 1.52. The summed E-state index contributed by atoms with van der Waals surface area (Å²) in [6.45, 7) is 7.73. The second-order valence-corrected chi connectivity index (χ2v) is 6.17. The zero-order valence-electron chi connectivity index (χ0n) is 10.9. The van der Waals surface area contributed by atoms with E-state index >= 15 is 0 Å². The molecule has 0 radical (unpaired) electrons. The summed E-state index contributed by atoms with van der Waals surface area (Å²) < 4.78 is 0. The molecule has 0 saturated carbocycles. The molecule has 0 aromatic rings. The van der Waals surface area contributed by atoms with Gasteiger partial charge in [-0.2, -0.15) is 11.8 Å². The van der Waals surface area contributed by atoms with Crippen molar-refractivity contribution in [2.45, 2.75) is 38.0 Å². The number of rotatable bonds is 6. The molecule has 0 aromatic heterocycles. The Bertz CT molecular complexity index is 238. The Balaban J connectivity index is 2.38. The molecule has 100 valence electrons. The van der Waals surface area contributed by atoms with Gasteiger partial charge in [0.15, 0.2) is 0 Å². The van der Waals surface area contributed by atoms with Crippen molar-refractivity contribution < 1.29 is 4.79 Å². The molecule has 1 aliphatic rings. The van der Waals surface area contributed by atoms with Gasteiger partial charge in [0.1, 0.15) is 0 Å². The molecule has 0 bridgehead atoms. The fraction of sp³-hybridized carbons (Fsp3) is 0.917. The number of amides is 1. The third-order valence-electron chi connectivity index (χ3n) is 3.05. The van der Waals surface area contributed by atoms with Crippen LogP contribution < -0.4 is 11.1 Å². The lowest BCUT2D eigenvalue weighted by Crippen LogP contribution is -2.49. The highest BCUT2D eigenvalue weighted by molar-refractivity contribution is 7.99. The normalized spacial score (nSPS) is 23.4. The van der Waals surface area contributed by atoms with Crippen LogP contribution in [-0.2, 0) is 4.79 Å². The van der Waals surface area contributed by atoms with Crippen molar-refractivity contribution >= 4 is 17.7 Å². The van der Waals surface area contributed by atoms with E-state index in [1.165, 1.54) is 0 Å². The van der Waals surface area contributed by atoms with Crippen molar-refractivity contribution in [1.82, 2.24) is 10.2 Å². The molecule has 1 rings (SSSR count). The molecule has 1 heterocycles. The van der Waals surface area contributed by atoms with Gasteiger partial charge >= 0.3 is 0 Å². The quantitative estimate of drug-likeness (QED) is 0.736. The lowest BCUT2D eigenvalue weighted by Gasteiger charge is -2.36. The number of carbonyl (C=O) groups excluding carboxylic acids is 1. The standard InChI is InChI=1S/C12H25N3OS/c1-3-4-14-12(16)7-11(8-13)15-5-6-17-10(2)9-15/h10-11H,3-9,13H2,1-2H3,(H,14,16). The van der Waals surface area contributed by atoms with Crippen LogP contribution in [0.5, 0.6) is 0 Å². The first kappa shape index (κ1) is 14.8. The molecule has 2 atom stereocenters. The summed E-state index contributed by atoms with van der Waals surface area (Å²) in [7, 11) is 0. The molecule has 1 amide bonds. The van der Waals surface area contributed by atoms with E-state index in [2.05, 4.69) is 24.1 Å². The summed E-state index contributed by atoms with van der Waals surface area (Å²) in [6, 6.07) is 0.204. The van der Waals surface area contributed by atoms with Crippen LogP contribution in [0.25, 0.3) is 0 Å². The SMILES string of the molecule is CCCNC(=O)CC(CN)N1CCSC(C)C1. The molecular weight excluding hydrogens is 234 g/mol. The zero-order chi connectivity index (χ0) is 12.7. The number of carbonyl (C=O) groups is 1. The van der Waals surface area contributed by atoms with Gasteiger partial charge in [0.2, 0.25) is 5.91 Å². The van der Waals surface area contributed by atoms with Gasteiger partial charge in [-0.25, -0.2) is 0 Å². The third-order valence-corrected chi connectivity index (χ3v) is 4.19. The molecule has 0 aromatic carbocycles. The summed E-state index contributed by atoms with van der Waals surface area (Å²) in [4.78, 5) is 14.1. The molecule has 4 nitrogen and oxygen atoms in total. The van der Waals surface area contributed by atoms with Crippen LogP contribution in [0.1, 0.15) is 26.7 Å². The Kier molecular flexibility index (Phi) is 6.92.